The molecule has 182 valence electrons. The number of hydrogen-bond acceptors (Lipinski definition) is 2. The average molecular weight is 435 g/mol. The quantitative estimate of drug-likeness (QED) is 0.227. The summed E-state index contributed by atoms with van der Waals surface area (Å²) in [5.74, 6) is 2.28. The predicted octanol–water partition coefficient (Wildman–Crippen LogP) is 9.94. The van der Waals surface area contributed by atoms with Crippen molar-refractivity contribution in [3.05, 3.63) is 42.0 Å². The maximum atomic E-state index is 6.11. The van der Waals surface area contributed by atoms with Gasteiger partial charge in [0.15, 0.2) is 0 Å². The van der Waals surface area contributed by atoms with Crippen LogP contribution in [0.1, 0.15) is 126 Å². The third kappa shape index (κ3) is 17.0. The van der Waals surface area contributed by atoms with E-state index in [-0.39, 0.29) is 12.4 Å². The Morgan fingerprint density at radius 3 is 1.81 bits per heavy atom. The van der Waals surface area contributed by atoms with E-state index in [0.29, 0.717) is 5.92 Å². The molecule has 0 heterocycles. The van der Waals surface area contributed by atoms with Crippen molar-refractivity contribution in [3.63, 3.8) is 0 Å². The van der Waals surface area contributed by atoms with Crippen molar-refractivity contribution < 1.29 is 9.47 Å². The van der Waals surface area contributed by atoms with Gasteiger partial charge in [-0.2, -0.15) is 0 Å². The van der Waals surface area contributed by atoms with E-state index in [4.69, 9.17) is 9.47 Å². The summed E-state index contributed by atoms with van der Waals surface area (Å²) >= 11 is 0. The lowest BCUT2D eigenvalue weighted by Crippen LogP contribution is -2.23. The van der Waals surface area contributed by atoms with E-state index in [0.717, 1.165) is 24.5 Å². The molecule has 0 aliphatic heterocycles. The summed E-state index contributed by atoms with van der Waals surface area (Å²) < 4.78 is 12.1. The molecule has 2 nitrogen and oxygen atoms in total. The molecule has 3 atom stereocenters. The highest BCUT2D eigenvalue weighted by atomic mass is 16.7. The fourth-order valence-corrected chi connectivity index (χ4v) is 3.06. The van der Waals surface area contributed by atoms with E-state index in [1.54, 1.807) is 0 Å². The standard InChI is InChI=1S/C24H40O2.C3H8.C2H6/c1-7-12-21(9-3)22-15-17-23(18-16-22)26-24(25-19(4)5)14-11-10-13-20(6)8-2;1-3-2;1-2/h10-11,15-21,24H,7-9,12-14H2,1-6H3;3H2,1-2H3;1-2H3/b11-10+;;. The molecule has 2 heteroatoms. The topological polar surface area (TPSA) is 18.5 Å². The van der Waals surface area contributed by atoms with Gasteiger partial charge >= 0.3 is 0 Å². The molecule has 1 rings (SSSR count). The lowest BCUT2D eigenvalue weighted by Gasteiger charge is -2.21. The van der Waals surface area contributed by atoms with Crippen molar-refractivity contribution in [2.24, 2.45) is 5.92 Å². The van der Waals surface area contributed by atoms with E-state index in [9.17, 15) is 0 Å². The predicted molar refractivity (Wildman–Crippen MR) is 140 cm³/mol. The molecule has 0 aliphatic rings. The van der Waals surface area contributed by atoms with Gasteiger partial charge in [-0.3, -0.25) is 0 Å². The first-order chi connectivity index (χ1) is 14.9. The van der Waals surface area contributed by atoms with Crippen LogP contribution in [-0.2, 0) is 4.74 Å². The van der Waals surface area contributed by atoms with Crippen molar-refractivity contribution in [1.29, 1.82) is 0 Å². The first-order valence-corrected chi connectivity index (χ1v) is 13.0. The van der Waals surface area contributed by atoms with Crippen LogP contribution in [0.15, 0.2) is 36.4 Å². The molecule has 0 amide bonds. The molecule has 0 spiro atoms. The summed E-state index contributed by atoms with van der Waals surface area (Å²) in [7, 11) is 0. The van der Waals surface area contributed by atoms with Gasteiger partial charge in [0.2, 0.25) is 6.29 Å². The Morgan fingerprint density at radius 2 is 1.35 bits per heavy atom. The molecule has 0 saturated carbocycles. The summed E-state index contributed by atoms with van der Waals surface area (Å²) in [6.45, 7) is 21.4. The van der Waals surface area contributed by atoms with Crippen molar-refractivity contribution in [2.45, 2.75) is 132 Å². The van der Waals surface area contributed by atoms with Crippen molar-refractivity contribution in [2.75, 3.05) is 0 Å². The van der Waals surface area contributed by atoms with Crippen LogP contribution < -0.4 is 4.74 Å². The highest BCUT2D eigenvalue weighted by Crippen LogP contribution is 2.27. The number of hydrogen-bond donors (Lipinski definition) is 0. The Bertz CT molecular complexity index is 504. The molecule has 0 N–H and O–H groups in total. The van der Waals surface area contributed by atoms with Crippen LogP contribution in [0.3, 0.4) is 0 Å². The van der Waals surface area contributed by atoms with E-state index < -0.39 is 0 Å². The van der Waals surface area contributed by atoms with Crippen LogP contribution in [-0.4, -0.2) is 12.4 Å². The van der Waals surface area contributed by atoms with Gasteiger partial charge in [0.1, 0.15) is 5.75 Å². The van der Waals surface area contributed by atoms with Gasteiger partial charge < -0.3 is 9.47 Å². The van der Waals surface area contributed by atoms with Gasteiger partial charge in [-0.15, -0.1) is 0 Å². The van der Waals surface area contributed by atoms with Gasteiger partial charge in [0, 0.05) is 6.42 Å². The molecule has 31 heavy (non-hydrogen) atoms. The second-order valence-electron chi connectivity index (χ2n) is 8.36. The maximum Gasteiger partial charge on any atom is 0.203 e. The highest BCUT2D eigenvalue weighted by Gasteiger charge is 2.13. The van der Waals surface area contributed by atoms with E-state index >= 15 is 0 Å². The second kappa shape index (κ2) is 21.9. The Hall–Kier alpha value is -1.28. The highest BCUT2D eigenvalue weighted by molar-refractivity contribution is 5.29. The zero-order valence-corrected chi connectivity index (χ0v) is 22.5. The van der Waals surface area contributed by atoms with Crippen molar-refractivity contribution in [3.8, 4) is 5.75 Å². The molecule has 0 radical (unpaired) electrons. The normalized spacial score (nSPS) is 13.6. The van der Waals surface area contributed by atoms with Crippen LogP contribution in [0, 0.1) is 5.92 Å². The molecular formula is C29H54O2. The fourth-order valence-electron chi connectivity index (χ4n) is 3.06. The summed E-state index contributed by atoms with van der Waals surface area (Å²) in [5.41, 5.74) is 1.41. The first-order valence-electron chi connectivity index (χ1n) is 13.0. The minimum Gasteiger partial charge on any atom is -0.465 e. The molecule has 0 bridgehead atoms. The van der Waals surface area contributed by atoms with Gasteiger partial charge in [0.05, 0.1) is 6.10 Å². The van der Waals surface area contributed by atoms with E-state index in [1.807, 2.05) is 13.8 Å². The van der Waals surface area contributed by atoms with Crippen LogP contribution >= 0.6 is 0 Å². The van der Waals surface area contributed by atoms with Crippen molar-refractivity contribution >= 4 is 0 Å². The van der Waals surface area contributed by atoms with Crippen LogP contribution in [0.2, 0.25) is 0 Å². The molecule has 0 aliphatic carbocycles. The number of ether oxygens (including phenoxy) is 2. The van der Waals surface area contributed by atoms with Gasteiger partial charge in [-0.05, 0) is 62.6 Å². The van der Waals surface area contributed by atoms with Crippen molar-refractivity contribution in [1.82, 2.24) is 0 Å². The van der Waals surface area contributed by atoms with Gasteiger partial charge in [0.25, 0.3) is 0 Å². The molecule has 0 fully saturated rings. The molecule has 1 aromatic carbocycles. The molecule has 3 unspecified atom stereocenters. The maximum absolute atomic E-state index is 6.11. The Kier molecular flexibility index (Phi) is 22.6. The minimum absolute atomic E-state index is 0.149. The summed E-state index contributed by atoms with van der Waals surface area (Å²) in [6.07, 6.45) is 12.4. The summed E-state index contributed by atoms with van der Waals surface area (Å²) in [4.78, 5) is 0. The third-order valence-corrected chi connectivity index (χ3v) is 4.90. The monoisotopic (exact) mass is 434 g/mol. The Balaban J connectivity index is 0. The van der Waals surface area contributed by atoms with E-state index in [2.05, 4.69) is 91.8 Å². The number of allylic oxidation sites excluding steroid dienone is 1. The minimum atomic E-state index is -0.230. The number of rotatable bonds is 13. The van der Waals surface area contributed by atoms with Crippen LogP contribution in [0.25, 0.3) is 0 Å². The molecule has 1 aromatic rings. The first kappa shape index (κ1) is 31.9. The zero-order valence-electron chi connectivity index (χ0n) is 22.5. The Labute approximate surface area is 195 Å². The fraction of sp³-hybridized carbons (Fsp3) is 0.724. The average Bonchev–Trinajstić information content (AvgIpc) is 2.77. The zero-order chi connectivity index (χ0) is 24.1. The molecule has 0 saturated heterocycles. The van der Waals surface area contributed by atoms with Gasteiger partial charge in [-0.25, -0.2) is 0 Å². The summed E-state index contributed by atoms with van der Waals surface area (Å²) in [5, 5.41) is 0. The lowest BCUT2D eigenvalue weighted by atomic mass is 9.92. The van der Waals surface area contributed by atoms with Crippen LogP contribution in [0.4, 0.5) is 0 Å². The second-order valence-corrected chi connectivity index (χ2v) is 8.36. The van der Waals surface area contributed by atoms with Gasteiger partial charge in [-0.1, -0.05) is 98.9 Å². The largest absolute Gasteiger partial charge is 0.465 e. The van der Waals surface area contributed by atoms with Crippen LogP contribution in [0.5, 0.6) is 5.75 Å². The van der Waals surface area contributed by atoms with E-state index in [1.165, 1.54) is 37.7 Å². The lowest BCUT2D eigenvalue weighted by molar-refractivity contribution is -0.105. The SMILES string of the molecule is CC.CCC.CCCC(CC)c1ccc(OC(C/C=C/CC(C)CC)OC(C)C)cc1. The molecular weight excluding hydrogens is 380 g/mol. The number of benzene rings is 1. The summed E-state index contributed by atoms with van der Waals surface area (Å²) in [6, 6.07) is 8.61. The molecule has 0 aromatic heterocycles. The smallest absolute Gasteiger partial charge is 0.203 e. The Morgan fingerprint density at radius 1 is 0.806 bits per heavy atom. The third-order valence-electron chi connectivity index (χ3n) is 4.90.